The summed E-state index contributed by atoms with van der Waals surface area (Å²) in [4.78, 5) is 14.9. The van der Waals surface area contributed by atoms with Gasteiger partial charge in [0.1, 0.15) is 0 Å². The summed E-state index contributed by atoms with van der Waals surface area (Å²) in [5, 5.41) is 12.7. The third-order valence-corrected chi connectivity index (χ3v) is 4.57. The molecule has 21 heavy (non-hydrogen) atoms. The Morgan fingerprint density at radius 3 is 3.10 bits per heavy atom. The van der Waals surface area contributed by atoms with Crippen LogP contribution in [0.15, 0.2) is 29.2 Å². The lowest BCUT2D eigenvalue weighted by Crippen LogP contribution is -2.44. The van der Waals surface area contributed by atoms with Crippen molar-refractivity contribution in [3.63, 3.8) is 0 Å². The number of likely N-dealkylation sites (N-methyl/N-ethyl adjacent to an activating group) is 1. The Hall–Kier alpha value is -1.24. The summed E-state index contributed by atoms with van der Waals surface area (Å²) in [6, 6.07) is 8.03. The maximum atomic E-state index is 12.2. The molecule has 1 aromatic rings. The maximum absolute atomic E-state index is 12.2. The lowest BCUT2D eigenvalue weighted by molar-refractivity contribution is 0.0487. The van der Waals surface area contributed by atoms with Gasteiger partial charge in [-0.3, -0.25) is 0 Å². The second kappa shape index (κ2) is 7.68. The Labute approximate surface area is 129 Å². The van der Waals surface area contributed by atoms with Crippen LogP contribution in [0.1, 0.15) is 18.0 Å². The van der Waals surface area contributed by atoms with E-state index in [4.69, 9.17) is 4.74 Å². The number of carbonyl (C=O) groups excluding carboxylic acids is 1. The van der Waals surface area contributed by atoms with Crippen molar-refractivity contribution in [1.29, 1.82) is 0 Å². The molecule has 0 unspecified atom stereocenters. The fraction of sp³-hybridized carbons (Fsp3) is 0.533. The van der Waals surface area contributed by atoms with E-state index in [9.17, 15) is 9.90 Å². The number of methoxy groups -OCH3 is 1. The Kier molecular flexibility index (Phi) is 5.90. The van der Waals surface area contributed by atoms with E-state index in [0.717, 1.165) is 12.2 Å². The third kappa shape index (κ3) is 4.36. The highest BCUT2D eigenvalue weighted by atomic mass is 32.2. The van der Waals surface area contributed by atoms with Gasteiger partial charge >= 0.3 is 6.03 Å². The fourth-order valence-corrected chi connectivity index (χ4v) is 3.52. The average Bonchev–Trinajstić information content (AvgIpc) is 2.47. The molecule has 1 aliphatic heterocycles. The first-order valence-corrected chi connectivity index (χ1v) is 8.00. The highest BCUT2D eigenvalue weighted by Crippen LogP contribution is 2.35. The molecule has 6 heteroatoms. The van der Waals surface area contributed by atoms with Gasteiger partial charge in [-0.1, -0.05) is 18.2 Å². The Morgan fingerprint density at radius 2 is 2.33 bits per heavy atom. The van der Waals surface area contributed by atoms with E-state index in [1.165, 1.54) is 22.5 Å². The van der Waals surface area contributed by atoms with Crippen molar-refractivity contribution in [2.24, 2.45) is 0 Å². The molecular weight excluding hydrogens is 288 g/mol. The summed E-state index contributed by atoms with van der Waals surface area (Å²) >= 11 is 1.82. The highest BCUT2D eigenvalue weighted by molar-refractivity contribution is 7.99. The molecule has 0 fully saturated rings. The van der Waals surface area contributed by atoms with Gasteiger partial charge in [-0.25, -0.2) is 4.79 Å². The monoisotopic (exact) mass is 310 g/mol. The van der Waals surface area contributed by atoms with Crippen LogP contribution in [0.3, 0.4) is 0 Å². The molecule has 0 radical (unpaired) electrons. The van der Waals surface area contributed by atoms with Gasteiger partial charge in [0.15, 0.2) is 0 Å². The van der Waals surface area contributed by atoms with Gasteiger partial charge in [-0.15, -0.1) is 11.8 Å². The van der Waals surface area contributed by atoms with Gasteiger partial charge in [0.2, 0.25) is 0 Å². The van der Waals surface area contributed by atoms with Crippen molar-refractivity contribution in [3.8, 4) is 0 Å². The van der Waals surface area contributed by atoms with Crippen molar-refractivity contribution in [2.45, 2.75) is 23.5 Å². The maximum Gasteiger partial charge on any atom is 0.317 e. The van der Waals surface area contributed by atoms with Gasteiger partial charge in [0.25, 0.3) is 0 Å². The summed E-state index contributed by atoms with van der Waals surface area (Å²) in [6.45, 7) is 0.476. The van der Waals surface area contributed by atoms with Gasteiger partial charge in [0, 0.05) is 24.8 Å². The first kappa shape index (κ1) is 16.1. The number of aliphatic hydroxyl groups is 1. The minimum atomic E-state index is -0.667. The molecule has 1 heterocycles. The number of ether oxygens (including phenoxy) is 1. The summed E-state index contributed by atoms with van der Waals surface area (Å²) in [6.07, 6.45) is 0.252. The van der Waals surface area contributed by atoms with Gasteiger partial charge in [-0.2, -0.15) is 0 Å². The second-order valence-corrected chi connectivity index (χ2v) is 6.30. The summed E-state index contributed by atoms with van der Waals surface area (Å²) in [7, 11) is 3.21. The smallest absolute Gasteiger partial charge is 0.317 e. The SMILES string of the molecule is COC[C@H](O)CN(C)C(=O)N[C@H]1CCSc2ccccc21. The van der Waals surface area contributed by atoms with E-state index >= 15 is 0 Å². The van der Waals surface area contributed by atoms with Crippen LogP contribution in [0.25, 0.3) is 0 Å². The van der Waals surface area contributed by atoms with E-state index in [1.807, 2.05) is 23.9 Å². The number of nitrogens with one attached hydrogen (secondary N) is 1. The number of aliphatic hydroxyl groups excluding tert-OH is 1. The lowest BCUT2D eigenvalue weighted by atomic mass is 10.0. The number of fused-ring (bicyclic) bond motifs is 1. The quantitative estimate of drug-likeness (QED) is 0.871. The Morgan fingerprint density at radius 1 is 1.57 bits per heavy atom. The van der Waals surface area contributed by atoms with E-state index in [2.05, 4.69) is 17.4 Å². The molecule has 2 atom stereocenters. The normalized spacial score (nSPS) is 18.7. The van der Waals surface area contributed by atoms with Crippen LogP contribution in [-0.4, -0.2) is 55.2 Å². The van der Waals surface area contributed by atoms with E-state index < -0.39 is 6.10 Å². The number of amides is 2. The molecule has 1 aliphatic rings. The number of nitrogens with zero attached hydrogens (tertiary/aromatic N) is 1. The number of hydrogen-bond acceptors (Lipinski definition) is 4. The van der Waals surface area contributed by atoms with E-state index in [0.29, 0.717) is 0 Å². The topological polar surface area (TPSA) is 61.8 Å². The summed E-state index contributed by atoms with van der Waals surface area (Å²) in [5.74, 6) is 0.998. The number of hydrogen-bond donors (Lipinski definition) is 2. The summed E-state index contributed by atoms with van der Waals surface area (Å²) < 4.78 is 4.87. The van der Waals surface area contributed by atoms with Gasteiger partial charge in [0.05, 0.1) is 25.3 Å². The van der Waals surface area contributed by atoms with Crippen LogP contribution >= 0.6 is 11.8 Å². The number of carbonyl (C=O) groups is 1. The van der Waals surface area contributed by atoms with E-state index in [-0.39, 0.29) is 25.2 Å². The molecule has 2 N–H and O–H groups in total. The van der Waals surface area contributed by atoms with Crippen LogP contribution < -0.4 is 5.32 Å². The standard InChI is InChI=1S/C15H22N2O3S/c1-17(9-11(18)10-20-2)15(19)16-13-7-8-21-14-6-4-3-5-12(13)14/h3-6,11,13,18H,7-10H2,1-2H3,(H,16,19)/t11-,13+/m1/s1. The fourth-order valence-electron chi connectivity index (χ4n) is 2.40. The molecule has 116 valence electrons. The predicted octanol–water partition coefficient (Wildman–Crippen LogP) is 1.87. The minimum Gasteiger partial charge on any atom is -0.389 e. The number of thioether (sulfide) groups is 1. The van der Waals surface area contributed by atoms with Crippen LogP contribution in [0.5, 0.6) is 0 Å². The van der Waals surface area contributed by atoms with Crippen molar-refractivity contribution < 1.29 is 14.6 Å². The Balaban J connectivity index is 1.94. The molecule has 0 aromatic heterocycles. The zero-order chi connectivity index (χ0) is 15.2. The third-order valence-electron chi connectivity index (χ3n) is 3.45. The van der Waals surface area contributed by atoms with Crippen molar-refractivity contribution in [1.82, 2.24) is 10.2 Å². The molecule has 2 amide bonds. The van der Waals surface area contributed by atoms with Crippen molar-refractivity contribution in [2.75, 3.05) is 33.1 Å². The zero-order valence-corrected chi connectivity index (χ0v) is 13.2. The first-order valence-electron chi connectivity index (χ1n) is 7.02. The second-order valence-electron chi connectivity index (χ2n) is 5.17. The van der Waals surface area contributed by atoms with Crippen LogP contribution in [0, 0.1) is 0 Å². The van der Waals surface area contributed by atoms with Crippen LogP contribution in [-0.2, 0) is 4.74 Å². The molecule has 0 saturated heterocycles. The molecule has 1 aromatic carbocycles. The average molecular weight is 310 g/mol. The van der Waals surface area contributed by atoms with Gasteiger partial charge in [-0.05, 0) is 18.1 Å². The predicted molar refractivity (Wildman–Crippen MR) is 83.6 cm³/mol. The highest BCUT2D eigenvalue weighted by Gasteiger charge is 2.23. The van der Waals surface area contributed by atoms with Gasteiger partial charge < -0.3 is 20.1 Å². The first-order chi connectivity index (χ1) is 10.1. The summed E-state index contributed by atoms with van der Waals surface area (Å²) in [5.41, 5.74) is 1.17. The molecule has 0 aliphatic carbocycles. The molecule has 5 nitrogen and oxygen atoms in total. The molecular formula is C15H22N2O3S. The molecule has 0 bridgehead atoms. The van der Waals surface area contributed by atoms with Crippen molar-refractivity contribution in [3.05, 3.63) is 29.8 Å². The largest absolute Gasteiger partial charge is 0.389 e. The number of urea groups is 1. The number of benzene rings is 1. The minimum absolute atomic E-state index is 0.0389. The Bertz CT molecular complexity index is 484. The molecule has 0 saturated carbocycles. The van der Waals surface area contributed by atoms with E-state index in [1.54, 1.807) is 7.05 Å². The lowest BCUT2D eigenvalue weighted by Gasteiger charge is -2.28. The molecule has 0 spiro atoms. The van der Waals surface area contributed by atoms with Crippen molar-refractivity contribution >= 4 is 17.8 Å². The number of rotatable bonds is 5. The van der Waals surface area contributed by atoms with Crippen LogP contribution in [0.4, 0.5) is 4.79 Å². The molecule has 2 rings (SSSR count). The van der Waals surface area contributed by atoms with Crippen LogP contribution in [0.2, 0.25) is 0 Å². The zero-order valence-electron chi connectivity index (χ0n) is 12.4.